The second-order valence-electron chi connectivity index (χ2n) is 19.3. The number of nitrogen functional groups attached to an aromatic ring is 1. The third-order valence-corrected chi connectivity index (χ3v) is 17.6. The van der Waals surface area contributed by atoms with Gasteiger partial charge in [-0.25, -0.2) is 39.9 Å². The van der Waals surface area contributed by atoms with Crippen LogP contribution in [0.5, 0.6) is 5.75 Å². The molecule has 0 saturated heterocycles. The Morgan fingerprint density at radius 3 is 1.24 bits per heavy atom. The highest BCUT2D eigenvalue weighted by atomic mass is 79.9. The first-order chi connectivity index (χ1) is 37.8. The number of anilines is 1. The summed E-state index contributed by atoms with van der Waals surface area (Å²) in [7, 11) is 0. The smallest absolute Gasteiger partial charge is 0.256 e. The van der Waals surface area contributed by atoms with E-state index in [0.29, 0.717) is 59.7 Å². The highest BCUT2D eigenvalue weighted by Gasteiger charge is 2.26. The van der Waals surface area contributed by atoms with Crippen molar-refractivity contribution in [2.45, 2.75) is 148 Å². The van der Waals surface area contributed by atoms with E-state index in [1.807, 2.05) is 29.6 Å². The van der Waals surface area contributed by atoms with E-state index in [0.717, 1.165) is 97.9 Å². The molecule has 3 N–H and O–H groups in total. The number of azide groups is 1. The molecule has 0 aliphatic heterocycles. The molecule has 8 aromatic heterocycles. The molecule has 0 amide bonds. The number of nitrogens with two attached hydrogens (primary N) is 1. The van der Waals surface area contributed by atoms with Crippen LogP contribution in [-0.4, -0.2) is 88.3 Å². The van der Waals surface area contributed by atoms with Gasteiger partial charge in [0.05, 0.1) is 21.8 Å². The lowest BCUT2D eigenvalue weighted by atomic mass is 10.2. The van der Waals surface area contributed by atoms with Gasteiger partial charge in [0, 0.05) is 93.7 Å². The van der Waals surface area contributed by atoms with Gasteiger partial charge in [0.2, 0.25) is 0 Å². The van der Waals surface area contributed by atoms with Crippen LogP contribution in [0, 0.1) is 0 Å². The second-order valence-corrected chi connectivity index (χ2v) is 23.3. The Morgan fingerprint density at radius 2 is 0.833 bits per heavy atom. The summed E-state index contributed by atoms with van der Waals surface area (Å²) in [5.41, 5.74) is 17.5. The zero-order chi connectivity index (χ0) is 55.0. The topological polar surface area (TPSA) is 286 Å². The number of halogens is 1. The van der Waals surface area contributed by atoms with E-state index >= 15 is 0 Å². The van der Waals surface area contributed by atoms with E-state index in [1.165, 1.54) is 90.9 Å². The largest absolute Gasteiger partial charge is 0.507 e. The molecule has 12 rings (SSSR count). The molecular formula is C52H59BrN16O5S4. The summed E-state index contributed by atoms with van der Waals surface area (Å²) < 4.78 is 7.90. The van der Waals surface area contributed by atoms with Gasteiger partial charge in [0.25, 0.3) is 22.2 Å². The first-order valence-electron chi connectivity index (χ1n) is 25.9. The fourth-order valence-corrected chi connectivity index (χ4v) is 12.8. The lowest BCUT2D eigenvalue weighted by Gasteiger charge is -2.16. The third kappa shape index (κ3) is 12.2. The van der Waals surface area contributed by atoms with Gasteiger partial charge in [0.15, 0.2) is 26.3 Å². The zero-order valence-corrected chi connectivity index (χ0v) is 48.5. The van der Waals surface area contributed by atoms with Crippen molar-refractivity contribution in [2.24, 2.45) is 5.11 Å². The minimum atomic E-state index is -0.178. The maximum atomic E-state index is 12.4. The molecule has 4 fully saturated rings. The van der Waals surface area contributed by atoms with Crippen LogP contribution < -0.4 is 28.0 Å². The van der Waals surface area contributed by atoms with Crippen molar-refractivity contribution in [3.8, 4) is 5.75 Å². The molecule has 408 valence electrons. The van der Waals surface area contributed by atoms with Gasteiger partial charge >= 0.3 is 0 Å². The standard InChI is InChI=1S/C13H14BrN3OS.C13H14N6OS.C13H16N4OS.C13H15N3O2S/c1-19-13-15-7-9-10(14)6-11(18)17(12(9)16-13)8-4-2-3-5-8;1-21-13-15-7-9-10(17-18-14)6-11(20)19(12(9)16-13)8-4-2-3-5-8;1-19-13-15-7-9-10(14)6-11(18)17(12(9)16-13)8-4-2-3-5-8;1-19-13-14-7-9-10(17)6-11(18)16(12(9)15-13)8-4-2-3-5-8/h6-8H,2-5H2,1H3;6-8H,2-5H2,1H3;6-8H,2-5,14H2,1H3;6-8,17H,2-5H2,1H3. The Balaban J connectivity index is 0.000000127. The van der Waals surface area contributed by atoms with Gasteiger partial charge < -0.3 is 10.8 Å². The first-order valence-corrected chi connectivity index (χ1v) is 31.6. The first kappa shape index (κ1) is 56.7. The molecule has 4 aliphatic rings. The fraction of sp³-hybridized carbons (Fsp3) is 0.462. The summed E-state index contributed by atoms with van der Waals surface area (Å²) in [5.74, 6) is -0.0399. The van der Waals surface area contributed by atoms with Crippen LogP contribution >= 0.6 is 63.0 Å². The predicted octanol–water partition coefficient (Wildman–Crippen LogP) is 11.5. The van der Waals surface area contributed by atoms with E-state index in [2.05, 4.69) is 65.8 Å². The summed E-state index contributed by atoms with van der Waals surface area (Å²) >= 11 is 9.24. The second kappa shape index (κ2) is 25.8. The molecule has 0 unspecified atom stereocenters. The van der Waals surface area contributed by atoms with Crippen LogP contribution in [0.1, 0.15) is 127 Å². The van der Waals surface area contributed by atoms with E-state index in [9.17, 15) is 24.3 Å². The van der Waals surface area contributed by atoms with Gasteiger partial charge in [-0.15, -0.1) is 0 Å². The molecule has 0 spiro atoms. The highest BCUT2D eigenvalue weighted by Crippen LogP contribution is 2.36. The van der Waals surface area contributed by atoms with E-state index in [4.69, 9.17) is 11.3 Å². The summed E-state index contributed by atoms with van der Waals surface area (Å²) in [4.78, 5) is 86.8. The normalized spacial score (nSPS) is 16.0. The van der Waals surface area contributed by atoms with Gasteiger partial charge in [-0.1, -0.05) is 104 Å². The Bertz CT molecular complexity index is 3530. The quantitative estimate of drug-likeness (QED) is 0.0446. The van der Waals surface area contributed by atoms with Crippen LogP contribution in [0.3, 0.4) is 0 Å². The molecule has 4 saturated carbocycles. The molecule has 0 aromatic carbocycles. The number of hydrogen-bond acceptors (Lipinski definition) is 19. The van der Waals surface area contributed by atoms with Crippen LogP contribution in [0.2, 0.25) is 0 Å². The monoisotopic (exact) mass is 1190 g/mol. The summed E-state index contributed by atoms with van der Waals surface area (Å²) in [6.45, 7) is 0. The van der Waals surface area contributed by atoms with Crippen LogP contribution in [-0.2, 0) is 0 Å². The van der Waals surface area contributed by atoms with Crippen LogP contribution in [0.4, 0.5) is 11.4 Å². The minimum absolute atomic E-state index is 0.0250. The van der Waals surface area contributed by atoms with Crippen molar-refractivity contribution in [3.63, 3.8) is 0 Å². The Morgan fingerprint density at radius 1 is 0.513 bits per heavy atom. The van der Waals surface area contributed by atoms with Gasteiger partial charge in [0.1, 0.15) is 22.7 Å². The lowest BCUT2D eigenvalue weighted by molar-refractivity contribution is 0.470. The maximum absolute atomic E-state index is 12.4. The maximum Gasteiger partial charge on any atom is 0.256 e. The number of aromatic hydroxyl groups is 1. The Kier molecular flexibility index (Phi) is 18.8. The molecule has 0 bridgehead atoms. The summed E-state index contributed by atoms with van der Waals surface area (Å²) in [5, 5.41) is 18.9. The zero-order valence-electron chi connectivity index (χ0n) is 43.6. The van der Waals surface area contributed by atoms with Gasteiger partial charge in [-0.3, -0.25) is 37.4 Å². The molecule has 21 nitrogen and oxygen atoms in total. The number of aromatic nitrogens is 12. The Hall–Kier alpha value is -6.05. The number of fused-ring (bicyclic) bond motifs is 4. The van der Waals surface area contributed by atoms with E-state index in [-0.39, 0.29) is 52.2 Å². The van der Waals surface area contributed by atoms with Gasteiger partial charge in [-0.2, -0.15) is 0 Å². The summed E-state index contributed by atoms with van der Waals surface area (Å²) in [6.07, 6.45) is 31.8. The average Bonchev–Trinajstić information content (AvgIpc) is 4.44. The molecule has 0 atom stereocenters. The molecule has 78 heavy (non-hydrogen) atoms. The molecule has 8 heterocycles. The van der Waals surface area contributed by atoms with E-state index in [1.54, 1.807) is 44.6 Å². The van der Waals surface area contributed by atoms with Crippen molar-refractivity contribution < 1.29 is 5.11 Å². The fourth-order valence-electron chi connectivity index (χ4n) is 11.0. The van der Waals surface area contributed by atoms with E-state index < -0.39 is 0 Å². The molecule has 8 aromatic rings. The Labute approximate surface area is 473 Å². The predicted molar refractivity (Wildman–Crippen MR) is 315 cm³/mol. The molecule has 26 heteroatoms. The van der Waals surface area contributed by atoms with Crippen LogP contribution in [0.15, 0.2) is 98.4 Å². The molecular weight excluding hydrogens is 1140 g/mol. The number of rotatable bonds is 9. The molecule has 0 radical (unpaired) electrons. The van der Waals surface area contributed by atoms with Crippen molar-refractivity contribution in [1.29, 1.82) is 0 Å². The average molecular weight is 1200 g/mol. The lowest BCUT2D eigenvalue weighted by Crippen LogP contribution is -2.24. The number of thioether (sulfide) groups is 4. The minimum Gasteiger partial charge on any atom is -0.507 e. The summed E-state index contributed by atoms with van der Waals surface area (Å²) in [6, 6.07) is 6.66. The highest BCUT2D eigenvalue weighted by molar-refractivity contribution is 9.10. The third-order valence-electron chi connectivity index (χ3n) is 14.7. The number of hydrogen-bond donors (Lipinski definition) is 2. The van der Waals surface area contributed by atoms with Crippen molar-refractivity contribution in [1.82, 2.24) is 58.1 Å². The SMILES string of the molecule is CSc1ncc2c(Br)cc(=O)n(C3CCCC3)c2n1.CSc1ncc2c(N)cc(=O)n(C3CCCC3)c2n1.CSc1ncc2c(N=[N+]=[N-])cc(=O)n(C3CCCC3)c2n1.CSc1ncc2c(O)cc(=O)n(C3CCCC3)c2n1. The number of pyridine rings is 4. The van der Waals surface area contributed by atoms with Crippen molar-refractivity contribution in [3.05, 3.63) is 105 Å². The van der Waals surface area contributed by atoms with Crippen molar-refractivity contribution in [2.75, 3.05) is 30.8 Å². The molecule has 4 aliphatic carbocycles. The van der Waals surface area contributed by atoms with Crippen molar-refractivity contribution >= 4 is 118 Å². The van der Waals surface area contributed by atoms with Gasteiger partial charge in [-0.05, 0) is 97.9 Å². The van der Waals surface area contributed by atoms with Crippen LogP contribution in [0.25, 0.3) is 54.6 Å². The number of nitrogens with zero attached hydrogens (tertiary/aromatic N) is 15.